The highest BCUT2D eigenvalue weighted by molar-refractivity contribution is 7.12. The van der Waals surface area contributed by atoms with Gasteiger partial charge >= 0.3 is 0 Å². The van der Waals surface area contributed by atoms with E-state index in [1.165, 1.54) is 24.2 Å². The molecule has 1 aromatic carbocycles. The SMILES string of the molecule is O=C(NC(Cc1c[nH]c2ccccc12)C(=O)NC1CCCCCC1)c1cccs1. The summed E-state index contributed by atoms with van der Waals surface area (Å²) in [5.74, 6) is -0.284. The molecule has 4 rings (SSSR count). The maximum Gasteiger partial charge on any atom is 0.262 e. The van der Waals surface area contributed by atoms with Crippen molar-refractivity contribution >= 4 is 34.1 Å². The molecular weight excluding hydrogens is 382 g/mol. The summed E-state index contributed by atoms with van der Waals surface area (Å²) in [5.41, 5.74) is 2.07. The second-order valence-corrected chi connectivity index (χ2v) is 8.71. The highest BCUT2D eigenvalue weighted by Gasteiger charge is 2.26. The van der Waals surface area contributed by atoms with Gasteiger partial charge in [-0.1, -0.05) is 49.9 Å². The lowest BCUT2D eigenvalue weighted by atomic mass is 10.0. The van der Waals surface area contributed by atoms with Crippen LogP contribution < -0.4 is 10.6 Å². The number of carbonyl (C=O) groups is 2. The number of nitrogens with one attached hydrogen (secondary N) is 3. The zero-order valence-corrected chi connectivity index (χ0v) is 17.3. The molecule has 1 unspecified atom stereocenters. The second-order valence-electron chi connectivity index (χ2n) is 7.76. The molecule has 1 aliphatic carbocycles. The number of thiophene rings is 1. The van der Waals surface area contributed by atoms with E-state index >= 15 is 0 Å². The predicted molar refractivity (Wildman–Crippen MR) is 117 cm³/mol. The predicted octanol–water partition coefficient (Wildman–Crippen LogP) is 4.41. The zero-order chi connectivity index (χ0) is 20.1. The van der Waals surface area contributed by atoms with Crippen LogP contribution in [0.2, 0.25) is 0 Å². The van der Waals surface area contributed by atoms with Crippen molar-refractivity contribution in [2.75, 3.05) is 0 Å². The molecule has 0 radical (unpaired) electrons. The first kappa shape index (κ1) is 19.7. The van der Waals surface area contributed by atoms with Crippen LogP contribution in [0.15, 0.2) is 48.0 Å². The third-order valence-electron chi connectivity index (χ3n) is 5.67. The molecule has 2 heterocycles. The van der Waals surface area contributed by atoms with Crippen LogP contribution in [0.5, 0.6) is 0 Å². The van der Waals surface area contributed by atoms with E-state index in [1.54, 1.807) is 6.07 Å². The summed E-state index contributed by atoms with van der Waals surface area (Å²) < 4.78 is 0. The van der Waals surface area contributed by atoms with Crippen LogP contribution in [0.4, 0.5) is 0 Å². The number of amides is 2. The third-order valence-corrected chi connectivity index (χ3v) is 6.54. The number of hydrogen-bond acceptors (Lipinski definition) is 3. The smallest absolute Gasteiger partial charge is 0.262 e. The van der Waals surface area contributed by atoms with Gasteiger partial charge in [-0.25, -0.2) is 0 Å². The average Bonchev–Trinajstić information content (AvgIpc) is 3.34. The number of aromatic nitrogens is 1. The number of H-pyrrole nitrogens is 1. The summed E-state index contributed by atoms with van der Waals surface area (Å²) in [4.78, 5) is 29.7. The number of carbonyl (C=O) groups excluding carboxylic acids is 2. The molecule has 1 saturated carbocycles. The molecule has 2 amide bonds. The standard InChI is InChI=1S/C23H27N3O2S/c27-22(25-17-8-3-1-2-4-9-17)20(26-23(28)21-12-7-13-29-21)14-16-15-24-19-11-6-5-10-18(16)19/h5-7,10-13,15,17,20,24H,1-4,8-9,14H2,(H,25,27)(H,26,28). The van der Waals surface area contributed by atoms with Gasteiger partial charge in [0.15, 0.2) is 0 Å². The molecule has 0 saturated heterocycles. The molecule has 3 aromatic rings. The van der Waals surface area contributed by atoms with E-state index in [0.717, 1.165) is 42.1 Å². The Morgan fingerprint density at radius 1 is 1.07 bits per heavy atom. The van der Waals surface area contributed by atoms with Crippen LogP contribution in [0, 0.1) is 0 Å². The van der Waals surface area contributed by atoms with Crippen molar-refractivity contribution in [3.63, 3.8) is 0 Å². The van der Waals surface area contributed by atoms with E-state index in [1.807, 2.05) is 41.9 Å². The molecule has 0 bridgehead atoms. The van der Waals surface area contributed by atoms with Crippen molar-refractivity contribution in [1.29, 1.82) is 0 Å². The Balaban J connectivity index is 1.52. The fourth-order valence-corrected chi connectivity index (χ4v) is 4.72. The molecular formula is C23H27N3O2S. The summed E-state index contributed by atoms with van der Waals surface area (Å²) in [7, 11) is 0. The van der Waals surface area contributed by atoms with Gasteiger partial charge in [0.05, 0.1) is 4.88 Å². The molecule has 1 aliphatic rings. The highest BCUT2D eigenvalue weighted by atomic mass is 32.1. The van der Waals surface area contributed by atoms with E-state index in [0.29, 0.717) is 11.3 Å². The van der Waals surface area contributed by atoms with Crippen molar-refractivity contribution < 1.29 is 9.59 Å². The van der Waals surface area contributed by atoms with Gasteiger partial charge in [0, 0.05) is 29.6 Å². The van der Waals surface area contributed by atoms with Crippen LogP contribution in [0.1, 0.15) is 53.8 Å². The number of rotatable bonds is 6. The lowest BCUT2D eigenvalue weighted by Gasteiger charge is -2.22. The number of fused-ring (bicyclic) bond motifs is 1. The molecule has 2 aromatic heterocycles. The lowest BCUT2D eigenvalue weighted by molar-refractivity contribution is -0.123. The Labute approximate surface area is 174 Å². The summed E-state index contributed by atoms with van der Waals surface area (Å²) >= 11 is 1.38. The van der Waals surface area contributed by atoms with Gasteiger partial charge in [0.1, 0.15) is 6.04 Å². The monoisotopic (exact) mass is 409 g/mol. The Hall–Kier alpha value is -2.60. The minimum absolute atomic E-state index is 0.0907. The summed E-state index contributed by atoms with van der Waals surface area (Å²) in [6.45, 7) is 0. The van der Waals surface area contributed by atoms with Gasteiger partial charge in [-0.2, -0.15) is 0 Å². The number of hydrogen-bond donors (Lipinski definition) is 3. The van der Waals surface area contributed by atoms with E-state index in [-0.39, 0.29) is 17.9 Å². The molecule has 1 fully saturated rings. The van der Waals surface area contributed by atoms with Crippen molar-refractivity contribution in [1.82, 2.24) is 15.6 Å². The van der Waals surface area contributed by atoms with Crippen LogP contribution >= 0.6 is 11.3 Å². The largest absolute Gasteiger partial charge is 0.361 e. The molecule has 0 aliphatic heterocycles. The lowest BCUT2D eigenvalue weighted by Crippen LogP contribution is -2.50. The first-order valence-electron chi connectivity index (χ1n) is 10.4. The fraction of sp³-hybridized carbons (Fsp3) is 0.391. The molecule has 29 heavy (non-hydrogen) atoms. The minimum Gasteiger partial charge on any atom is -0.361 e. The van der Waals surface area contributed by atoms with Crippen LogP contribution in [0.3, 0.4) is 0 Å². The van der Waals surface area contributed by atoms with Crippen LogP contribution in [-0.2, 0) is 11.2 Å². The summed E-state index contributed by atoms with van der Waals surface area (Å²) in [6, 6.07) is 11.3. The highest BCUT2D eigenvalue weighted by Crippen LogP contribution is 2.21. The van der Waals surface area contributed by atoms with Gasteiger partial charge in [0.25, 0.3) is 5.91 Å². The van der Waals surface area contributed by atoms with Crippen molar-refractivity contribution in [3.8, 4) is 0 Å². The molecule has 5 nitrogen and oxygen atoms in total. The Morgan fingerprint density at radius 2 is 1.86 bits per heavy atom. The second kappa shape index (κ2) is 9.27. The molecule has 152 valence electrons. The van der Waals surface area contributed by atoms with Gasteiger partial charge in [-0.05, 0) is 35.9 Å². The van der Waals surface area contributed by atoms with Crippen LogP contribution in [0.25, 0.3) is 10.9 Å². The van der Waals surface area contributed by atoms with E-state index in [9.17, 15) is 9.59 Å². The summed E-state index contributed by atoms with van der Waals surface area (Å²) in [6.07, 6.45) is 9.21. The molecule has 1 atom stereocenters. The Kier molecular flexibility index (Phi) is 6.30. The maximum absolute atomic E-state index is 13.2. The Morgan fingerprint density at radius 3 is 2.62 bits per heavy atom. The first-order chi connectivity index (χ1) is 14.2. The van der Waals surface area contributed by atoms with Gasteiger partial charge in [-0.15, -0.1) is 11.3 Å². The van der Waals surface area contributed by atoms with Crippen molar-refractivity contribution in [2.45, 2.75) is 57.0 Å². The van der Waals surface area contributed by atoms with Crippen molar-refractivity contribution in [3.05, 3.63) is 58.4 Å². The summed E-state index contributed by atoms with van der Waals surface area (Å²) in [5, 5.41) is 9.14. The maximum atomic E-state index is 13.2. The average molecular weight is 410 g/mol. The van der Waals surface area contributed by atoms with E-state index in [2.05, 4.69) is 15.6 Å². The van der Waals surface area contributed by atoms with E-state index in [4.69, 9.17) is 0 Å². The quantitative estimate of drug-likeness (QED) is 0.528. The first-order valence-corrected chi connectivity index (χ1v) is 11.3. The molecule has 0 spiro atoms. The molecule has 3 N–H and O–H groups in total. The number of aromatic amines is 1. The minimum atomic E-state index is -0.605. The fourth-order valence-electron chi connectivity index (χ4n) is 4.09. The Bertz CT molecular complexity index is 956. The number of benzene rings is 1. The van der Waals surface area contributed by atoms with Crippen molar-refractivity contribution in [2.24, 2.45) is 0 Å². The third kappa shape index (κ3) is 4.88. The normalized spacial score (nSPS) is 16.3. The number of para-hydroxylation sites is 1. The zero-order valence-electron chi connectivity index (χ0n) is 16.4. The van der Waals surface area contributed by atoms with Gasteiger partial charge < -0.3 is 15.6 Å². The topological polar surface area (TPSA) is 74.0 Å². The van der Waals surface area contributed by atoms with E-state index < -0.39 is 6.04 Å². The van der Waals surface area contributed by atoms with Gasteiger partial charge in [0.2, 0.25) is 5.91 Å². The molecule has 6 heteroatoms. The van der Waals surface area contributed by atoms with Gasteiger partial charge in [-0.3, -0.25) is 9.59 Å². The van der Waals surface area contributed by atoms with Crippen LogP contribution in [-0.4, -0.2) is 28.9 Å².